The molecule has 8 heteroatoms. The number of amides is 3. The van der Waals surface area contributed by atoms with E-state index in [1.165, 1.54) is 4.90 Å². The maximum Gasteiger partial charge on any atom is 0.328 e. The van der Waals surface area contributed by atoms with Crippen LogP contribution in [0.5, 0.6) is 11.5 Å². The summed E-state index contributed by atoms with van der Waals surface area (Å²) in [7, 11) is 1.63. The van der Waals surface area contributed by atoms with Crippen molar-refractivity contribution >= 4 is 22.8 Å². The molecule has 0 radical (unpaired) electrons. The highest BCUT2D eigenvalue weighted by Gasteiger charge is 2.60. The van der Waals surface area contributed by atoms with E-state index in [0.717, 1.165) is 40.0 Å². The van der Waals surface area contributed by atoms with Crippen LogP contribution in [-0.4, -0.2) is 64.1 Å². The van der Waals surface area contributed by atoms with Crippen molar-refractivity contribution in [2.75, 3.05) is 26.7 Å². The van der Waals surface area contributed by atoms with Gasteiger partial charge in [-0.2, -0.15) is 0 Å². The van der Waals surface area contributed by atoms with E-state index < -0.39 is 11.6 Å². The first-order chi connectivity index (χ1) is 15.9. The van der Waals surface area contributed by atoms with Crippen LogP contribution in [0.25, 0.3) is 10.9 Å². The molecule has 2 atom stereocenters. The molecule has 0 unspecified atom stereocenters. The van der Waals surface area contributed by atoms with E-state index in [9.17, 15) is 14.7 Å². The van der Waals surface area contributed by atoms with Crippen molar-refractivity contribution in [3.8, 4) is 11.5 Å². The number of fused-ring (bicyclic) bond motifs is 4. The smallest absolute Gasteiger partial charge is 0.328 e. The lowest BCUT2D eigenvalue weighted by atomic mass is 9.81. The van der Waals surface area contributed by atoms with Crippen LogP contribution in [0.4, 0.5) is 4.79 Å². The molecule has 0 spiro atoms. The number of aromatic amines is 1. The van der Waals surface area contributed by atoms with E-state index >= 15 is 0 Å². The van der Waals surface area contributed by atoms with E-state index in [1.54, 1.807) is 30.2 Å². The van der Waals surface area contributed by atoms with Gasteiger partial charge in [0.25, 0.3) is 5.91 Å². The largest absolute Gasteiger partial charge is 0.508 e. The van der Waals surface area contributed by atoms with Crippen molar-refractivity contribution in [3.63, 3.8) is 0 Å². The zero-order valence-electron chi connectivity index (χ0n) is 19.0. The highest BCUT2D eigenvalue weighted by Crippen LogP contribution is 2.49. The minimum Gasteiger partial charge on any atom is -0.508 e. The topological polar surface area (TPSA) is 97.9 Å². The second-order valence-electron chi connectivity index (χ2n) is 8.84. The Bertz CT molecular complexity index is 1250. The minimum absolute atomic E-state index is 0.112. The third-order valence-corrected chi connectivity index (χ3v) is 6.82. The Kier molecular flexibility index (Phi) is 5.05. The molecule has 3 heterocycles. The first kappa shape index (κ1) is 21.3. The summed E-state index contributed by atoms with van der Waals surface area (Å²) in [6.45, 7) is 5.45. The van der Waals surface area contributed by atoms with E-state index in [4.69, 9.17) is 4.74 Å². The fourth-order valence-corrected chi connectivity index (χ4v) is 5.23. The van der Waals surface area contributed by atoms with Gasteiger partial charge in [0.1, 0.15) is 23.1 Å². The lowest BCUT2D eigenvalue weighted by molar-refractivity contribution is -0.133. The van der Waals surface area contributed by atoms with Crippen LogP contribution >= 0.6 is 0 Å². The molecule has 33 heavy (non-hydrogen) atoms. The van der Waals surface area contributed by atoms with E-state index in [2.05, 4.69) is 10.3 Å². The van der Waals surface area contributed by atoms with E-state index in [-0.39, 0.29) is 17.7 Å². The number of carbonyl (C=O) groups excluding carboxylic acids is 2. The molecule has 0 bridgehead atoms. The predicted molar refractivity (Wildman–Crippen MR) is 124 cm³/mol. The van der Waals surface area contributed by atoms with Gasteiger partial charge >= 0.3 is 6.03 Å². The van der Waals surface area contributed by atoms with E-state index in [1.807, 2.05) is 38.1 Å². The number of imide groups is 1. The van der Waals surface area contributed by atoms with Crippen molar-refractivity contribution in [2.24, 2.45) is 0 Å². The SMILES string of the molecule is CCNCCN1C(=O)N2[C@H](c3cccc(O)c3)c3[nH]c4ccc(OC)cc4c3C[C@@]2(C)C1=O. The molecule has 172 valence electrons. The van der Waals surface area contributed by atoms with Crippen LogP contribution in [0.15, 0.2) is 42.5 Å². The summed E-state index contributed by atoms with van der Waals surface area (Å²) in [4.78, 5) is 33.8. The Morgan fingerprint density at radius 3 is 2.79 bits per heavy atom. The number of ether oxygens (including phenoxy) is 1. The normalized spacial score (nSPS) is 22.1. The molecular weight excluding hydrogens is 420 g/mol. The van der Waals surface area contributed by atoms with Crippen LogP contribution in [0.1, 0.15) is 36.7 Å². The van der Waals surface area contributed by atoms with Crippen molar-refractivity contribution < 1.29 is 19.4 Å². The molecule has 2 aromatic carbocycles. The van der Waals surface area contributed by atoms with E-state index in [0.29, 0.717) is 19.5 Å². The number of aromatic nitrogens is 1. The van der Waals surface area contributed by atoms with Gasteiger partial charge in [0.05, 0.1) is 7.11 Å². The van der Waals surface area contributed by atoms with Crippen LogP contribution < -0.4 is 10.1 Å². The third kappa shape index (κ3) is 3.16. The number of phenols is 1. The molecule has 8 nitrogen and oxygen atoms in total. The summed E-state index contributed by atoms with van der Waals surface area (Å²) in [5.41, 5.74) is 2.47. The number of rotatable bonds is 6. The molecular formula is C25H28N4O4. The Morgan fingerprint density at radius 2 is 2.06 bits per heavy atom. The van der Waals surface area contributed by atoms with Crippen LogP contribution in [0.2, 0.25) is 0 Å². The lowest BCUT2D eigenvalue weighted by Crippen LogP contribution is -2.53. The second-order valence-corrected chi connectivity index (χ2v) is 8.84. The van der Waals surface area contributed by atoms with Crippen molar-refractivity contribution in [1.82, 2.24) is 20.1 Å². The molecule has 1 aromatic heterocycles. The van der Waals surface area contributed by atoms with Gasteiger partial charge in [-0.05, 0) is 54.9 Å². The maximum atomic E-state index is 13.7. The van der Waals surface area contributed by atoms with Gasteiger partial charge in [-0.15, -0.1) is 0 Å². The minimum atomic E-state index is -1.04. The number of phenolic OH excluding ortho intramolecular Hbond substituents is 1. The van der Waals surface area contributed by atoms with Gasteiger partial charge in [-0.1, -0.05) is 19.1 Å². The average Bonchev–Trinajstić information content (AvgIpc) is 3.25. The number of H-pyrrole nitrogens is 1. The van der Waals surface area contributed by atoms with Crippen LogP contribution in [-0.2, 0) is 11.2 Å². The summed E-state index contributed by atoms with van der Waals surface area (Å²) < 4.78 is 5.44. The number of benzene rings is 2. The Balaban J connectivity index is 1.70. The number of aromatic hydroxyl groups is 1. The maximum absolute atomic E-state index is 13.7. The van der Waals surface area contributed by atoms with Crippen LogP contribution in [0, 0.1) is 0 Å². The van der Waals surface area contributed by atoms with Crippen molar-refractivity contribution in [2.45, 2.75) is 31.8 Å². The summed E-state index contributed by atoms with van der Waals surface area (Å²) in [6, 6.07) is 11.8. The third-order valence-electron chi connectivity index (χ3n) is 6.82. The van der Waals surface area contributed by atoms with Gasteiger partial charge in [-0.3, -0.25) is 14.6 Å². The molecule has 1 saturated heterocycles. The highest BCUT2D eigenvalue weighted by molar-refractivity contribution is 6.08. The number of nitrogens with zero attached hydrogens (tertiary/aromatic N) is 2. The lowest BCUT2D eigenvalue weighted by Gasteiger charge is -2.42. The first-order valence-electron chi connectivity index (χ1n) is 11.2. The molecule has 0 aliphatic carbocycles. The summed E-state index contributed by atoms with van der Waals surface area (Å²) in [5.74, 6) is 0.645. The first-order valence-corrected chi connectivity index (χ1v) is 11.2. The van der Waals surface area contributed by atoms with Gasteiger partial charge < -0.3 is 20.1 Å². The molecule has 0 saturated carbocycles. The zero-order chi connectivity index (χ0) is 23.3. The summed E-state index contributed by atoms with van der Waals surface area (Å²) in [5, 5.41) is 14.4. The molecule has 3 N–H and O–H groups in total. The molecule has 3 aromatic rings. The number of likely N-dealkylation sites (N-methyl/N-ethyl adjacent to an activating group) is 1. The fourth-order valence-electron chi connectivity index (χ4n) is 5.23. The molecule has 5 rings (SSSR count). The van der Waals surface area contributed by atoms with Crippen molar-refractivity contribution in [3.05, 3.63) is 59.3 Å². The van der Waals surface area contributed by atoms with Gasteiger partial charge in [-0.25, -0.2) is 4.79 Å². The quantitative estimate of drug-likeness (QED) is 0.398. The average molecular weight is 449 g/mol. The highest BCUT2D eigenvalue weighted by atomic mass is 16.5. The number of hydrogen-bond acceptors (Lipinski definition) is 5. The number of carbonyl (C=O) groups is 2. The Morgan fingerprint density at radius 1 is 1.24 bits per heavy atom. The standard InChI is InChI=1S/C25H28N4O4/c1-4-26-10-11-28-23(31)25(2)14-19-18-13-17(33-3)8-9-20(18)27-21(19)22(29(25)24(28)32)15-6-5-7-16(30)12-15/h5-9,12-13,22,26-27,30H,4,10-11,14H2,1-3H3/t22-,25+/m1/s1. The molecule has 2 aliphatic rings. The second kappa shape index (κ2) is 7.81. The summed E-state index contributed by atoms with van der Waals surface area (Å²) >= 11 is 0. The molecule has 2 aliphatic heterocycles. The predicted octanol–water partition coefficient (Wildman–Crippen LogP) is 3.16. The zero-order valence-corrected chi connectivity index (χ0v) is 19.0. The van der Waals surface area contributed by atoms with Crippen molar-refractivity contribution in [1.29, 1.82) is 0 Å². The van der Waals surface area contributed by atoms with Gasteiger partial charge in [0.15, 0.2) is 0 Å². The number of methoxy groups -OCH3 is 1. The monoisotopic (exact) mass is 448 g/mol. The Labute approximate surface area is 192 Å². The van der Waals surface area contributed by atoms with Gasteiger partial charge in [0, 0.05) is 36.1 Å². The fraction of sp³-hybridized carbons (Fsp3) is 0.360. The molecule has 1 fully saturated rings. The van der Waals surface area contributed by atoms with Gasteiger partial charge in [0.2, 0.25) is 0 Å². The molecule has 3 amide bonds. The van der Waals surface area contributed by atoms with Crippen LogP contribution in [0.3, 0.4) is 0 Å². The number of urea groups is 1. The summed E-state index contributed by atoms with van der Waals surface area (Å²) in [6.07, 6.45) is 0.396. The number of nitrogens with one attached hydrogen (secondary N) is 2. The number of hydrogen-bond donors (Lipinski definition) is 3. The Hall–Kier alpha value is -3.52.